The average molecular weight is 270 g/mol. The lowest BCUT2D eigenvalue weighted by Gasteiger charge is -2.20. The molecule has 0 heterocycles. The zero-order valence-electron chi connectivity index (χ0n) is 9.78. The normalized spacial score (nSPS) is 18.6. The van der Waals surface area contributed by atoms with Gasteiger partial charge in [0.1, 0.15) is 4.84 Å². The molecular weight excluding hydrogens is 253 g/mol. The van der Waals surface area contributed by atoms with Crippen LogP contribution in [0.3, 0.4) is 0 Å². The van der Waals surface area contributed by atoms with Gasteiger partial charge in [-0.15, -0.1) is 0 Å². The second kappa shape index (κ2) is 6.42. The van der Waals surface area contributed by atoms with Crippen LogP contribution in [-0.4, -0.2) is 16.6 Å². The van der Waals surface area contributed by atoms with Crippen LogP contribution in [0.1, 0.15) is 37.7 Å². The van der Waals surface area contributed by atoms with Crippen LogP contribution in [0.4, 0.5) is 0 Å². The number of nitrogens with zero attached hydrogens (tertiary/aromatic N) is 1. The second-order valence-corrected chi connectivity index (χ2v) is 5.57. The molecule has 0 aromatic heterocycles. The summed E-state index contributed by atoms with van der Waals surface area (Å²) in [4.78, 5) is 4.22. The van der Waals surface area contributed by atoms with E-state index >= 15 is 0 Å². The Balaban J connectivity index is 2.19. The van der Waals surface area contributed by atoms with Crippen LogP contribution in [0.5, 0.6) is 0 Å². The summed E-state index contributed by atoms with van der Waals surface area (Å²) in [6, 6.07) is 10.4. The molecule has 0 unspecified atom stereocenters. The average Bonchev–Trinajstić information content (AvgIpc) is 2.38. The molecule has 1 saturated carbocycles. The first-order valence-corrected chi connectivity index (χ1v) is 7.06. The lowest BCUT2D eigenvalue weighted by atomic mass is 9.95. The summed E-state index contributed by atoms with van der Waals surface area (Å²) < 4.78 is 0. The quantitative estimate of drug-likeness (QED) is 0.561. The Morgan fingerprint density at radius 1 is 1.06 bits per heavy atom. The molecule has 2 rings (SSSR count). The molecule has 1 aromatic rings. The molecule has 17 heavy (non-hydrogen) atoms. The monoisotopic (exact) mass is 269 g/mol. The van der Waals surface area contributed by atoms with Crippen molar-refractivity contribution in [2.45, 2.75) is 43.0 Å². The van der Waals surface area contributed by atoms with Crippen molar-refractivity contribution in [3.8, 4) is 0 Å². The highest BCUT2D eigenvalue weighted by atomic mass is 35.5. The van der Waals surface area contributed by atoms with Crippen molar-refractivity contribution in [3.63, 3.8) is 0 Å². The fourth-order valence-corrected chi connectivity index (χ4v) is 2.64. The Hall–Kier alpha value is -0.530. The van der Waals surface area contributed by atoms with Gasteiger partial charge in [-0.05, 0) is 18.4 Å². The molecule has 1 aliphatic rings. The Bertz CT molecular complexity index is 367. The third-order valence-corrected chi connectivity index (χ3v) is 3.59. The molecule has 1 aromatic carbocycles. The topological polar surface area (TPSA) is 12.4 Å². The van der Waals surface area contributed by atoms with E-state index in [0.717, 1.165) is 24.1 Å². The molecule has 0 saturated heterocycles. The zero-order valence-corrected chi connectivity index (χ0v) is 11.3. The maximum Gasteiger partial charge on any atom is 0.149 e. The molecule has 0 atom stereocenters. The summed E-state index contributed by atoms with van der Waals surface area (Å²) in [6.45, 7) is 0. The van der Waals surface area contributed by atoms with Gasteiger partial charge in [0, 0.05) is 0 Å². The predicted molar refractivity (Wildman–Crippen MR) is 75.3 cm³/mol. The Morgan fingerprint density at radius 2 is 1.71 bits per heavy atom. The fraction of sp³-hybridized carbons (Fsp3) is 0.500. The third kappa shape index (κ3) is 3.72. The lowest BCUT2D eigenvalue weighted by molar-refractivity contribution is 0.443. The summed E-state index contributed by atoms with van der Waals surface area (Å²) in [6.07, 6.45) is 6.20. The Labute approximate surface area is 113 Å². The van der Waals surface area contributed by atoms with Gasteiger partial charge in [0.15, 0.2) is 0 Å². The van der Waals surface area contributed by atoms with Crippen molar-refractivity contribution in [2.75, 3.05) is 0 Å². The number of rotatable bonds is 3. The molecule has 0 amide bonds. The van der Waals surface area contributed by atoms with E-state index in [1.54, 1.807) is 0 Å². The van der Waals surface area contributed by atoms with E-state index < -0.39 is 4.84 Å². The van der Waals surface area contributed by atoms with Crippen molar-refractivity contribution in [2.24, 2.45) is 4.99 Å². The van der Waals surface area contributed by atoms with Gasteiger partial charge in [0.2, 0.25) is 0 Å². The van der Waals surface area contributed by atoms with E-state index in [9.17, 15) is 0 Å². The van der Waals surface area contributed by atoms with Gasteiger partial charge < -0.3 is 0 Å². The summed E-state index contributed by atoms with van der Waals surface area (Å²) in [5.41, 5.74) is 1.86. The summed E-state index contributed by atoms with van der Waals surface area (Å²) in [7, 11) is 0. The highest BCUT2D eigenvalue weighted by molar-refractivity contribution is 6.56. The van der Waals surface area contributed by atoms with E-state index in [1.807, 2.05) is 30.3 Å². The van der Waals surface area contributed by atoms with E-state index in [4.69, 9.17) is 28.2 Å². The molecule has 0 spiro atoms. The van der Waals surface area contributed by atoms with E-state index in [1.165, 1.54) is 19.3 Å². The molecule has 0 aliphatic heterocycles. The van der Waals surface area contributed by atoms with Crippen LogP contribution in [0, 0.1) is 0 Å². The molecule has 0 N–H and O–H groups in total. The van der Waals surface area contributed by atoms with Gasteiger partial charge in [0.05, 0.1) is 11.8 Å². The first-order valence-electron chi connectivity index (χ1n) is 6.18. The molecule has 1 aliphatic carbocycles. The Kier molecular flexibility index (Phi) is 4.87. The molecule has 1 nitrogen and oxygen atoms in total. The van der Waals surface area contributed by atoms with Crippen LogP contribution in [-0.2, 0) is 0 Å². The Morgan fingerprint density at radius 3 is 2.29 bits per heavy atom. The predicted octanol–water partition coefficient (Wildman–Crippen LogP) is 4.61. The van der Waals surface area contributed by atoms with Crippen LogP contribution < -0.4 is 0 Å². The molecular formula is C14H17Cl2N. The minimum atomic E-state index is -0.542. The first-order chi connectivity index (χ1) is 8.27. The van der Waals surface area contributed by atoms with Crippen LogP contribution in [0.2, 0.25) is 0 Å². The highest BCUT2D eigenvalue weighted by Gasteiger charge is 2.17. The zero-order chi connectivity index (χ0) is 12.1. The van der Waals surface area contributed by atoms with Gasteiger partial charge in [0.25, 0.3) is 0 Å². The maximum atomic E-state index is 6.03. The van der Waals surface area contributed by atoms with Crippen molar-refractivity contribution in [3.05, 3.63) is 35.9 Å². The van der Waals surface area contributed by atoms with Crippen molar-refractivity contribution < 1.29 is 0 Å². The van der Waals surface area contributed by atoms with Gasteiger partial charge in [-0.2, -0.15) is 0 Å². The summed E-state index contributed by atoms with van der Waals surface area (Å²) in [5.74, 6) is 0. The van der Waals surface area contributed by atoms with E-state index in [-0.39, 0.29) is 0 Å². The SMILES string of the molecule is ClC(Cl)C(=NC1CCCCC1)c1ccccc1. The molecule has 1 fully saturated rings. The molecule has 3 heteroatoms. The van der Waals surface area contributed by atoms with Crippen molar-refractivity contribution >= 4 is 28.9 Å². The molecule has 0 radical (unpaired) electrons. The van der Waals surface area contributed by atoms with Crippen LogP contribution in [0.15, 0.2) is 35.3 Å². The molecule has 92 valence electrons. The largest absolute Gasteiger partial charge is 0.283 e. The third-order valence-electron chi connectivity index (χ3n) is 3.17. The lowest BCUT2D eigenvalue weighted by Crippen LogP contribution is -2.17. The van der Waals surface area contributed by atoms with Crippen molar-refractivity contribution in [1.29, 1.82) is 0 Å². The summed E-state index contributed by atoms with van der Waals surface area (Å²) in [5, 5.41) is 0. The smallest absolute Gasteiger partial charge is 0.149 e. The van der Waals surface area contributed by atoms with E-state index in [2.05, 4.69) is 0 Å². The van der Waals surface area contributed by atoms with Gasteiger partial charge in [-0.25, -0.2) is 0 Å². The van der Waals surface area contributed by atoms with Crippen molar-refractivity contribution in [1.82, 2.24) is 0 Å². The van der Waals surface area contributed by atoms with Gasteiger partial charge in [-0.1, -0.05) is 72.8 Å². The first kappa shape index (κ1) is 12.9. The second-order valence-electron chi connectivity index (χ2n) is 4.47. The number of benzene rings is 1. The van der Waals surface area contributed by atoms with Gasteiger partial charge in [-0.3, -0.25) is 4.99 Å². The number of hydrogen-bond donors (Lipinski definition) is 0. The van der Waals surface area contributed by atoms with E-state index in [0.29, 0.717) is 6.04 Å². The minimum absolute atomic E-state index is 0.402. The van der Waals surface area contributed by atoms with Gasteiger partial charge >= 0.3 is 0 Å². The number of alkyl halides is 2. The summed E-state index contributed by atoms with van der Waals surface area (Å²) >= 11 is 12.1. The van der Waals surface area contributed by atoms with Crippen LogP contribution >= 0.6 is 23.2 Å². The number of aliphatic imine (C=N–C) groups is 1. The maximum absolute atomic E-state index is 6.03. The van der Waals surface area contributed by atoms with Crippen LogP contribution in [0.25, 0.3) is 0 Å². The fourth-order valence-electron chi connectivity index (χ4n) is 2.27. The number of hydrogen-bond acceptors (Lipinski definition) is 1. The standard InChI is InChI=1S/C14H17Cl2N/c15-14(16)13(11-7-3-1-4-8-11)17-12-9-5-2-6-10-12/h1,3-4,7-8,12,14H,2,5-6,9-10H2. The number of halogens is 2. The highest BCUT2D eigenvalue weighted by Crippen LogP contribution is 2.23. The molecule has 0 bridgehead atoms. The minimum Gasteiger partial charge on any atom is -0.283 e.